The predicted octanol–water partition coefficient (Wildman–Crippen LogP) is 0.908. The first-order valence-corrected chi connectivity index (χ1v) is 8.57. The first-order valence-electron chi connectivity index (χ1n) is 7.09. The van der Waals surface area contributed by atoms with Gasteiger partial charge in [0.05, 0.1) is 4.90 Å². The highest BCUT2D eigenvalue weighted by Gasteiger charge is 2.24. The van der Waals surface area contributed by atoms with Crippen LogP contribution in [-0.4, -0.2) is 39.0 Å². The fraction of sp³-hybridized carbons (Fsp3) is 0.571. The Hall–Kier alpha value is -0.950. The lowest BCUT2D eigenvalue weighted by Crippen LogP contribution is -2.47. The third-order valence-corrected chi connectivity index (χ3v) is 5.24. The maximum absolute atomic E-state index is 12.4. The minimum absolute atomic E-state index is 0.00441. The van der Waals surface area contributed by atoms with Gasteiger partial charge in [0.25, 0.3) is 0 Å². The Kier molecular flexibility index (Phi) is 5.15. The molecule has 1 heterocycles. The van der Waals surface area contributed by atoms with Crippen LogP contribution in [0.3, 0.4) is 0 Å². The number of benzene rings is 1. The number of likely N-dealkylation sites (tertiary alicyclic amines) is 1. The Balaban J connectivity index is 2.10. The standard InChI is InChI=1S/C14H23N3O2S/c1-2-17-8-4-6-13(11-17)16-20(18,19)14-7-3-5-12(9-14)10-15/h3,5,7,9,13,16H,2,4,6,8,10-11,15H2,1H3. The van der Waals surface area contributed by atoms with Crippen molar-refractivity contribution in [2.45, 2.75) is 37.2 Å². The number of hydrogen-bond donors (Lipinski definition) is 2. The van der Waals surface area contributed by atoms with E-state index >= 15 is 0 Å². The number of sulfonamides is 1. The van der Waals surface area contributed by atoms with E-state index in [0.29, 0.717) is 11.4 Å². The molecule has 0 spiro atoms. The Labute approximate surface area is 121 Å². The van der Waals surface area contributed by atoms with Crippen LogP contribution in [0.15, 0.2) is 29.2 Å². The van der Waals surface area contributed by atoms with Gasteiger partial charge in [-0.1, -0.05) is 19.1 Å². The van der Waals surface area contributed by atoms with Gasteiger partial charge in [-0.3, -0.25) is 0 Å². The lowest BCUT2D eigenvalue weighted by Gasteiger charge is -2.32. The Morgan fingerprint density at radius 3 is 2.95 bits per heavy atom. The number of nitrogens with two attached hydrogens (primary N) is 1. The summed E-state index contributed by atoms with van der Waals surface area (Å²) in [6, 6.07) is 6.81. The van der Waals surface area contributed by atoms with Gasteiger partial charge in [0, 0.05) is 19.1 Å². The molecule has 0 aliphatic carbocycles. The van der Waals surface area contributed by atoms with E-state index in [1.807, 2.05) is 6.07 Å². The molecule has 3 N–H and O–H groups in total. The second-order valence-corrected chi connectivity index (χ2v) is 6.92. The van der Waals surface area contributed by atoms with Gasteiger partial charge in [-0.15, -0.1) is 0 Å². The van der Waals surface area contributed by atoms with Crippen molar-refractivity contribution in [3.63, 3.8) is 0 Å². The lowest BCUT2D eigenvalue weighted by molar-refractivity contribution is 0.211. The van der Waals surface area contributed by atoms with E-state index < -0.39 is 10.0 Å². The van der Waals surface area contributed by atoms with Gasteiger partial charge in [0.1, 0.15) is 0 Å². The Bertz CT molecular complexity index is 545. The molecule has 6 heteroatoms. The molecule has 1 aliphatic rings. The summed E-state index contributed by atoms with van der Waals surface area (Å²) in [5, 5.41) is 0. The first kappa shape index (κ1) is 15.4. The van der Waals surface area contributed by atoms with Gasteiger partial charge in [-0.2, -0.15) is 0 Å². The molecule has 1 atom stereocenters. The normalized spacial score (nSPS) is 21.0. The number of rotatable bonds is 5. The van der Waals surface area contributed by atoms with Crippen LogP contribution >= 0.6 is 0 Å². The average molecular weight is 297 g/mol. The van der Waals surface area contributed by atoms with E-state index in [0.717, 1.165) is 38.0 Å². The summed E-state index contributed by atoms with van der Waals surface area (Å²) in [6.45, 7) is 5.24. The average Bonchev–Trinajstić information content (AvgIpc) is 2.47. The van der Waals surface area contributed by atoms with E-state index in [1.54, 1.807) is 18.2 Å². The molecule has 0 aromatic heterocycles. The van der Waals surface area contributed by atoms with Gasteiger partial charge in [0.15, 0.2) is 0 Å². The number of piperidine rings is 1. The predicted molar refractivity (Wildman–Crippen MR) is 79.8 cm³/mol. The molecule has 1 unspecified atom stereocenters. The van der Waals surface area contributed by atoms with Crippen molar-refractivity contribution in [1.82, 2.24) is 9.62 Å². The summed E-state index contributed by atoms with van der Waals surface area (Å²) < 4.78 is 27.6. The molecule has 1 fully saturated rings. The smallest absolute Gasteiger partial charge is 0.240 e. The molecule has 1 aromatic rings. The van der Waals surface area contributed by atoms with Crippen LogP contribution in [0.2, 0.25) is 0 Å². The van der Waals surface area contributed by atoms with Crippen molar-refractivity contribution in [3.05, 3.63) is 29.8 Å². The largest absolute Gasteiger partial charge is 0.326 e. The molecule has 1 aliphatic heterocycles. The molecule has 1 aromatic carbocycles. The summed E-state index contributed by atoms with van der Waals surface area (Å²) >= 11 is 0. The SMILES string of the molecule is CCN1CCCC(NS(=O)(=O)c2cccc(CN)c2)C1. The topological polar surface area (TPSA) is 75.4 Å². The van der Waals surface area contributed by atoms with Gasteiger partial charge in [-0.05, 0) is 43.6 Å². The molecule has 20 heavy (non-hydrogen) atoms. The molecule has 0 bridgehead atoms. The summed E-state index contributed by atoms with van der Waals surface area (Å²) in [7, 11) is -3.46. The fourth-order valence-electron chi connectivity index (χ4n) is 2.57. The van der Waals surface area contributed by atoms with Crippen LogP contribution in [-0.2, 0) is 16.6 Å². The van der Waals surface area contributed by atoms with Crippen LogP contribution in [0.4, 0.5) is 0 Å². The van der Waals surface area contributed by atoms with E-state index in [9.17, 15) is 8.42 Å². The van der Waals surface area contributed by atoms with E-state index in [4.69, 9.17) is 5.73 Å². The number of nitrogens with zero attached hydrogens (tertiary/aromatic N) is 1. The zero-order valence-electron chi connectivity index (χ0n) is 11.9. The van der Waals surface area contributed by atoms with Crippen molar-refractivity contribution >= 4 is 10.0 Å². The molecule has 0 saturated carbocycles. The molecular weight excluding hydrogens is 274 g/mol. The second kappa shape index (κ2) is 6.67. The van der Waals surface area contributed by atoms with Crippen LogP contribution < -0.4 is 10.5 Å². The van der Waals surface area contributed by atoms with E-state index in [1.165, 1.54) is 0 Å². The van der Waals surface area contributed by atoms with Crippen molar-refractivity contribution < 1.29 is 8.42 Å². The zero-order valence-corrected chi connectivity index (χ0v) is 12.7. The van der Waals surface area contributed by atoms with Crippen LogP contribution in [0, 0.1) is 0 Å². The van der Waals surface area contributed by atoms with E-state index in [-0.39, 0.29) is 6.04 Å². The monoisotopic (exact) mass is 297 g/mol. The highest BCUT2D eigenvalue weighted by atomic mass is 32.2. The minimum Gasteiger partial charge on any atom is -0.326 e. The minimum atomic E-state index is -3.46. The summed E-state index contributed by atoms with van der Waals surface area (Å²) in [4.78, 5) is 2.57. The Morgan fingerprint density at radius 1 is 1.45 bits per heavy atom. The van der Waals surface area contributed by atoms with Crippen molar-refractivity contribution in [1.29, 1.82) is 0 Å². The molecule has 0 radical (unpaired) electrons. The zero-order chi connectivity index (χ0) is 14.6. The van der Waals surface area contributed by atoms with Crippen molar-refractivity contribution in [3.8, 4) is 0 Å². The van der Waals surface area contributed by atoms with Gasteiger partial charge in [0.2, 0.25) is 10.0 Å². The third kappa shape index (κ3) is 3.79. The van der Waals surface area contributed by atoms with Gasteiger partial charge >= 0.3 is 0 Å². The summed E-state index contributed by atoms with van der Waals surface area (Å²) in [6.07, 6.45) is 1.93. The molecular formula is C14H23N3O2S. The number of hydrogen-bond acceptors (Lipinski definition) is 4. The Morgan fingerprint density at radius 2 is 2.25 bits per heavy atom. The molecule has 2 rings (SSSR count). The second-order valence-electron chi connectivity index (χ2n) is 5.21. The van der Waals surface area contributed by atoms with E-state index in [2.05, 4.69) is 16.5 Å². The first-order chi connectivity index (χ1) is 9.55. The molecule has 1 saturated heterocycles. The van der Waals surface area contributed by atoms with Gasteiger partial charge < -0.3 is 10.6 Å². The highest BCUT2D eigenvalue weighted by molar-refractivity contribution is 7.89. The van der Waals surface area contributed by atoms with Crippen molar-refractivity contribution in [2.75, 3.05) is 19.6 Å². The number of likely N-dealkylation sites (N-methyl/N-ethyl adjacent to an activating group) is 1. The summed E-state index contributed by atoms with van der Waals surface area (Å²) in [5.41, 5.74) is 6.39. The van der Waals surface area contributed by atoms with Crippen LogP contribution in [0.5, 0.6) is 0 Å². The molecule has 0 amide bonds. The summed E-state index contributed by atoms with van der Waals surface area (Å²) in [5.74, 6) is 0. The number of nitrogens with one attached hydrogen (secondary N) is 1. The van der Waals surface area contributed by atoms with Crippen LogP contribution in [0.25, 0.3) is 0 Å². The molecule has 112 valence electrons. The maximum atomic E-state index is 12.4. The fourth-order valence-corrected chi connectivity index (χ4v) is 3.90. The lowest BCUT2D eigenvalue weighted by atomic mass is 10.1. The molecule has 5 nitrogen and oxygen atoms in total. The van der Waals surface area contributed by atoms with Gasteiger partial charge in [-0.25, -0.2) is 13.1 Å². The highest BCUT2D eigenvalue weighted by Crippen LogP contribution is 2.15. The quantitative estimate of drug-likeness (QED) is 0.847. The van der Waals surface area contributed by atoms with Crippen molar-refractivity contribution in [2.24, 2.45) is 5.73 Å². The third-order valence-electron chi connectivity index (χ3n) is 3.72. The van der Waals surface area contributed by atoms with Crippen LogP contribution in [0.1, 0.15) is 25.3 Å². The maximum Gasteiger partial charge on any atom is 0.240 e.